The molecule has 72 valence electrons. The van der Waals surface area contributed by atoms with Gasteiger partial charge in [0.1, 0.15) is 0 Å². The van der Waals surface area contributed by atoms with Gasteiger partial charge in [-0.2, -0.15) is 13.2 Å². The topological polar surface area (TPSA) is 12.9 Å². The van der Waals surface area contributed by atoms with E-state index < -0.39 is 16.9 Å². The number of alkyl halides is 3. The summed E-state index contributed by atoms with van der Waals surface area (Å²) in [6, 6.07) is 0. The van der Waals surface area contributed by atoms with E-state index in [0.29, 0.717) is 0 Å². The Morgan fingerprint density at radius 1 is 1.08 bits per heavy atom. The van der Waals surface area contributed by atoms with Crippen molar-refractivity contribution in [2.45, 2.75) is 6.18 Å². The van der Waals surface area contributed by atoms with E-state index in [9.17, 15) is 13.2 Å². The second-order valence-corrected chi connectivity index (χ2v) is 3.24. The van der Waals surface area contributed by atoms with E-state index >= 15 is 0 Å². The summed E-state index contributed by atoms with van der Waals surface area (Å²) >= 11 is 16.1. The van der Waals surface area contributed by atoms with Crippen LogP contribution in [0.3, 0.4) is 0 Å². The summed E-state index contributed by atoms with van der Waals surface area (Å²) in [5, 5.41) is -1.13. The van der Waals surface area contributed by atoms with Crippen molar-refractivity contribution in [3.8, 4) is 0 Å². The molecule has 0 N–H and O–H groups in total. The molecule has 1 rings (SSSR count). The molecular formula is C6HCl3F3N. The predicted molar refractivity (Wildman–Crippen MR) is 44.3 cm³/mol. The number of hydrogen-bond donors (Lipinski definition) is 0. The molecule has 0 aliphatic carbocycles. The maximum Gasteiger partial charge on any atom is 0.434 e. The molecule has 0 saturated heterocycles. The van der Waals surface area contributed by atoms with Gasteiger partial charge in [-0.3, -0.25) is 0 Å². The van der Waals surface area contributed by atoms with E-state index in [1.807, 2.05) is 0 Å². The molecule has 0 radical (unpaired) electrons. The monoisotopic (exact) mass is 249 g/mol. The summed E-state index contributed by atoms with van der Waals surface area (Å²) in [6.07, 6.45) is -3.82. The molecule has 0 bridgehead atoms. The molecule has 0 saturated carbocycles. The second kappa shape index (κ2) is 3.52. The van der Waals surface area contributed by atoms with Crippen molar-refractivity contribution in [1.29, 1.82) is 0 Å². The van der Waals surface area contributed by atoms with Gasteiger partial charge in [-0.1, -0.05) is 34.8 Å². The average Bonchev–Trinajstić information content (AvgIpc) is 1.98. The molecule has 0 fully saturated rings. The molecule has 0 aliphatic rings. The molecule has 1 nitrogen and oxygen atoms in total. The van der Waals surface area contributed by atoms with Gasteiger partial charge in [0.15, 0.2) is 5.69 Å². The minimum atomic E-state index is -4.62. The molecular weight excluding hydrogens is 249 g/mol. The third-order valence-corrected chi connectivity index (χ3v) is 2.43. The largest absolute Gasteiger partial charge is 0.434 e. The van der Waals surface area contributed by atoms with Crippen LogP contribution in [-0.2, 0) is 6.18 Å². The Labute approximate surface area is 86.4 Å². The Morgan fingerprint density at radius 2 is 1.62 bits per heavy atom. The van der Waals surface area contributed by atoms with Gasteiger partial charge < -0.3 is 0 Å². The van der Waals surface area contributed by atoms with E-state index in [1.165, 1.54) is 0 Å². The highest BCUT2D eigenvalue weighted by atomic mass is 35.5. The van der Waals surface area contributed by atoms with Gasteiger partial charge >= 0.3 is 6.18 Å². The highest BCUT2D eigenvalue weighted by Gasteiger charge is 2.36. The quantitative estimate of drug-likeness (QED) is 0.676. The van der Waals surface area contributed by atoms with E-state index in [2.05, 4.69) is 4.98 Å². The van der Waals surface area contributed by atoms with Crippen LogP contribution in [0.5, 0.6) is 0 Å². The lowest BCUT2D eigenvalue weighted by atomic mass is 10.3. The van der Waals surface area contributed by atoms with Crippen molar-refractivity contribution in [3.05, 3.63) is 27.0 Å². The van der Waals surface area contributed by atoms with Crippen molar-refractivity contribution in [2.24, 2.45) is 0 Å². The van der Waals surface area contributed by atoms with Crippen LogP contribution in [0.15, 0.2) is 6.20 Å². The fourth-order valence-electron chi connectivity index (χ4n) is 0.641. The van der Waals surface area contributed by atoms with Gasteiger partial charge in [-0.15, -0.1) is 0 Å². The summed E-state index contributed by atoms with van der Waals surface area (Å²) in [5.74, 6) is 0. The highest BCUT2D eigenvalue weighted by Crippen LogP contribution is 2.39. The van der Waals surface area contributed by atoms with Crippen LogP contribution in [0, 0.1) is 0 Å². The average molecular weight is 250 g/mol. The molecule has 7 heteroatoms. The minimum Gasteiger partial charge on any atom is -0.249 e. The van der Waals surface area contributed by atoms with Crippen molar-refractivity contribution in [1.82, 2.24) is 4.98 Å². The Morgan fingerprint density at radius 3 is 2.08 bits per heavy atom. The Hall–Kier alpha value is -0.190. The third-order valence-electron chi connectivity index (χ3n) is 1.19. The zero-order valence-electron chi connectivity index (χ0n) is 5.79. The lowest BCUT2D eigenvalue weighted by Gasteiger charge is -2.08. The van der Waals surface area contributed by atoms with Crippen molar-refractivity contribution >= 4 is 34.8 Å². The number of nitrogens with zero attached hydrogens (tertiary/aromatic N) is 1. The van der Waals surface area contributed by atoms with Crippen LogP contribution in [0.2, 0.25) is 15.1 Å². The molecule has 0 amide bonds. The van der Waals surface area contributed by atoms with Crippen molar-refractivity contribution in [3.63, 3.8) is 0 Å². The van der Waals surface area contributed by atoms with Gasteiger partial charge in [-0.25, -0.2) is 4.98 Å². The number of pyridine rings is 1. The van der Waals surface area contributed by atoms with Crippen LogP contribution in [-0.4, -0.2) is 4.98 Å². The number of halogens is 6. The molecule has 0 aromatic carbocycles. The third kappa shape index (κ3) is 2.18. The first kappa shape index (κ1) is 10.9. The zero-order chi connectivity index (χ0) is 10.2. The molecule has 0 unspecified atom stereocenters. The molecule has 1 aromatic heterocycles. The Bertz CT molecular complexity index is 337. The molecule has 0 aliphatic heterocycles. The van der Waals surface area contributed by atoms with E-state index in [4.69, 9.17) is 34.8 Å². The fourth-order valence-corrected chi connectivity index (χ4v) is 1.23. The number of aromatic nitrogens is 1. The van der Waals surface area contributed by atoms with E-state index in [0.717, 1.165) is 6.20 Å². The summed E-state index contributed by atoms with van der Waals surface area (Å²) in [7, 11) is 0. The lowest BCUT2D eigenvalue weighted by Crippen LogP contribution is -2.08. The lowest BCUT2D eigenvalue weighted by molar-refractivity contribution is -0.141. The predicted octanol–water partition coefficient (Wildman–Crippen LogP) is 4.06. The standard InChI is InChI=1S/C6HCl3F3N/c7-2-1-13-5(6(10,11)12)4(9)3(2)8/h1H. The summed E-state index contributed by atoms with van der Waals surface area (Å²) in [6.45, 7) is 0. The molecule has 0 atom stereocenters. The highest BCUT2D eigenvalue weighted by molar-refractivity contribution is 6.48. The Balaban J connectivity index is 3.35. The van der Waals surface area contributed by atoms with Crippen LogP contribution >= 0.6 is 34.8 Å². The Kier molecular flexibility index (Phi) is 2.95. The summed E-state index contributed by atoms with van der Waals surface area (Å²) < 4.78 is 36.3. The number of rotatable bonds is 0. The second-order valence-electron chi connectivity index (χ2n) is 2.08. The molecule has 0 spiro atoms. The number of hydrogen-bond acceptors (Lipinski definition) is 1. The van der Waals surface area contributed by atoms with Gasteiger partial charge in [0.05, 0.1) is 15.1 Å². The van der Waals surface area contributed by atoms with Gasteiger partial charge in [0, 0.05) is 6.20 Å². The molecule has 1 heterocycles. The van der Waals surface area contributed by atoms with Gasteiger partial charge in [0.2, 0.25) is 0 Å². The maximum absolute atomic E-state index is 12.1. The smallest absolute Gasteiger partial charge is 0.249 e. The van der Waals surface area contributed by atoms with Crippen LogP contribution in [0.25, 0.3) is 0 Å². The first-order chi connectivity index (χ1) is 5.84. The van der Waals surface area contributed by atoms with Crippen LogP contribution in [0.1, 0.15) is 5.69 Å². The first-order valence-electron chi connectivity index (χ1n) is 2.90. The minimum absolute atomic E-state index is 0.111. The van der Waals surface area contributed by atoms with E-state index in [-0.39, 0.29) is 10.0 Å². The van der Waals surface area contributed by atoms with Crippen molar-refractivity contribution < 1.29 is 13.2 Å². The SMILES string of the molecule is FC(F)(F)c1ncc(Cl)c(Cl)c1Cl. The normalized spacial score (nSPS) is 11.8. The summed E-state index contributed by atoms with van der Waals surface area (Å²) in [4.78, 5) is 3.04. The molecule has 13 heavy (non-hydrogen) atoms. The van der Waals surface area contributed by atoms with Gasteiger partial charge in [-0.05, 0) is 0 Å². The van der Waals surface area contributed by atoms with Gasteiger partial charge in [0.25, 0.3) is 0 Å². The zero-order valence-corrected chi connectivity index (χ0v) is 8.06. The van der Waals surface area contributed by atoms with Crippen LogP contribution < -0.4 is 0 Å². The fraction of sp³-hybridized carbons (Fsp3) is 0.167. The van der Waals surface area contributed by atoms with Crippen molar-refractivity contribution in [2.75, 3.05) is 0 Å². The molecule has 1 aromatic rings. The summed E-state index contributed by atoms with van der Waals surface area (Å²) in [5.41, 5.74) is -1.23. The van der Waals surface area contributed by atoms with Crippen LogP contribution in [0.4, 0.5) is 13.2 Å². The van der Waals surface area contributed by atoms with E-state index in [1.54, 1.807) is 0 Å². The first-order valence-corrected chi connectivity index (χ1v) is 4.04. The maximum atomic E-state index is 12.1.